The number of hydrogen-bond donors (Lipinski definition) is 0. The summed E-state index contributed by atoms with van der Waals surface area (Å²) in [6.45, 7) is 0. The number of pyridine rings is 1. The summed E-state index contributed by atoms with van der Waals surface area (Å²) in [5, 5.41) is 0. The molecule has 0 aliphatic rings. The summed E-state index contributed by atoms with van der Waals surface area (Å²) in [5.74, 6) is -49.9. The Balaban J connectivity index is 3.69. The molecule has 0 amide bonds. The normalized spacial score (nSPS) is 15.9. The number of rotatable bonds is 7. The highest BCUT2D eigenvalue weighted by Gasteiger charge is 2.96. The quantitative estimate of drug-likeness (QED) is 0.326. The van der Waals surface area contributed by atoms with Crippen molar-refractivity contribution >= 4 is 0 Å². The molecule has 180 valence electrons. The molecule has 0 aliphatic carbocycles. The second-order valence-corrected chi connectivity index (χ2v) is 5.77. The Bertz CT molecular complexity index is 779. The van der Waals surface area contributed by atoms with Gasteiger partial charge in [0.25, 0.3) is 0 Å². The van der Waals surface area contributed by atoms with Gasteiger partial charge >= 0.3 is 47.8 Å². The van der Waals surface area contributed by atoms with Crippen molar-refractivity contribution in [2.75, 3.05) is 0 Å². The average Bonchev–Trinajstić information content (AvgIpc) is 2.60. The van der Waals surface area contributed by atoms with Gasteiger partial charge in [-0.05, 0) is 0 Å². The molecule has 31 heavy (non-hydrogen) atoms. The Morgan fingerprint density at radius 2 is 0.645 bits per heavy atom. The van der Waals surface area contributed by atoms with E-state index in [1.54, 1.807) is 0 Å². The molecule has 18 heteroatoms. The van der Waals surface area contributed by atoms with Crippen LogP contribution >= 0.6 is 0 Å². The van der Waals surface area contributed by atoms with Crippen molar-refractivity contribution < 1.29 is 79.2 Å². The highest BCUT2D eigenvalue weighted by atomic mass is 19.4. The first kappa shape index (κ1) is 27.0. The molecule has 1 aromatic rings. The van der Waals surface area contributed by atoms with Crippen molar-refractivity contribution in [1.82, 2.24) is 0 Å². The molecule has 1 aromatic heterocycles. The van der Waals surface area contributed by atoms with Crippen LogP contribution in [0.4, 0.5) is 74.6 Å². The first-order chi connectivity index (χ1) is 13.4. The van der Waals surface area contributed by atoms with Crippen LogP contribution in [0.15, 0.2) is 30.6 Å². The Hall–Kier alpha value is -2.04. The standard InChI is InChI=1S/C13H5F17N/c14-6(15,8(18,19)10(22,23)12(26,27)28)7(16,17)9(20,21)11(24,25)13(29,30)31-4-2-1-3-5-31/h1-5H/q+1. The van der Waals surface area contributed by atoms with Crippen LogP contribution in [0.2, 0.25) is 0 Å². The maximum atomic E-state index is 13.7. The Morgan fingerprint density at radius 1 is 0.355 bits per heavy atom. The van der Waals surface area contributed by atoms with Gasteiger partial charge < -0.3 is 0 Å². The van der Waals surface area contributed by atoms with E-state index in [1.165, 1.54) is 0 Å². The molecule has 0 unspecified atom stereocenters. The second kappa shape index (κ2) is 6.98. The molecule has 0 N–H and O–H groups in total. The lowest BCUT2D eigenvalue weighted by atomic mass is 9.90. The maximum Gasteiger partial charge on any atom is 0.534 e. The zero-order valence-corrected chi connectivity index (χ0v) is 13.8. The second-order valence-electron chi connectivity index (χ2n) is 5.77. The lowest BCUT2D eigenvalue weighted by Crippen LogP contribution is -2.76. The summed E-state index contributed by atoms with van der Waals surface area (Å²) in [6.07, 6.45) is -8.14. The van der Waals surface area contributed by atoms with Crippen LogP contribution in [0.3, 0.4) is 0 Å². The van der Waals surface area contributed by atoms with Crippen LogP contribution < -0.4 is 4.57 Å². The average molecular weight is 498 g/mol. The van der Waals surface area contributed by atoms with E-state index >= 15 is 0 Å². The molecule has 0 saturated heterocycles. The van der Waals surface area contributed by atoms with E-state index in [4.69, 9.17) is 0 Å². The zero-order chi connectivity index (χ0) is 25.1. The Kier molecular flexibility index (Phi) is 6.08. The minimum atomic E-state index is -8.62. The van der Waals surface area contributed by atoms with Crippen LogP contribution in [0.25, 0.3) is 0 Å². The zero-order valence-electron chi connectivity index (χ0n) is 13.8. The van der Waals surface area contributed by atoms with E-state index in [9.17, 15) is 74.6 Å². The topological polar surface area (TPSA) is 3.88 Å². The third-order valence-electron chi connectivity index (χ3n) is 3.75. The largest absolute Gasteiger partial charge is 0.534 e. The highest BCUT2D eigenvalue weighted by molar-refractivity contribution is 5.13. The molecule has 1 heterocycles. The molecule has 1 nitrogen and oxygen atoms in total. The number of nitrogens with zero attached hydrogens (tertiary/aromatic N) is 1. The van der Waals surface area contributed by atoms with Gasteiger partial charge in [-0.15, -0.1) is 13.3 Å². The minimum absolute atomic E-state index is 0.188. The molecule has 0 radical (unpaired) electrons. The van der Waals surface area contributed by atoms with Gasteiger partial charge in [0.2, 0.25) is 0 Å². The number of aromatic nitrogens is 1. The molecule has 0 atom stereocenters. The van der Waals surface area contributed by atoms with Crippen molar-refractivity contribution in [2.45, 2.75) is 47.8 Å². The summed E-state index contributed by atoms with van der Waals surface area (Å²) in [6, 6.07) is -5.00. The SMILES string of the molecule is FC(F)(F)C(F)(F)C(F)(F)C(F)(F)C(F)(F)C(F)(F)C(F)(F)C(F)(F)[n+]1ccccc1. The maximum absolute atomic E-state index is 13.7. The number of hydrogen-bond acceptors (Lipinski definition) is 0. The molecule has 0 bridgehead atoms. The molecule has 0 aliphatic heterocycles. The van der Waals surface area contributed by atoms with E-state index in [2.05, 4.69) is 0 Å². The molecule has 0 fully saturated rings. The summed E-state index contributed by atoms with van der Waals surface area (Å²) in [5.41, 5.74) is 0. The van der Waals surface area contributed by atoms with Gasteiger partial charge in [-0.2, -0.15) is 65.9 Å². The lowest BCUT2D eigenvalue weighted by molar-refractivity contribution is -0.849. The molecule has 0 aromatic carbocycles. The minimum Gasteiger partial charge on any atom is -0.192 e. The van der Waals surface area contributed by atoms with Gasteiger partial charge in [0, 0.05) is 12.1 Å². The summed E-state index contributed by atoms with van der Waals surface area (Å²) in [7, 11) is 0. The molecule has 0 saturated carbocycles. The van der Waals surface area contributed by atoms with Gasteiger partial charge in [-0.3, -0.25) is 0 Å². The Morgan fingerprint density at radius 3 is 0.968 bits per heavy atom. The monoisotopic (exact) mass is 498 g/mol. The first-order valence-electron chi connectivity index (χ1n) is 7.04. The molecule has 1 rings (SSSR count). The summed E-state index contributed by atoms with van der Waals surface area (Å²) >= 11 is 0. The third-order valence-corrected chi connectivity index (χ3v) is 3.75. The predicted octanol–water partition coefficient (Wildman–Crippen LogP) is 5.90. The van der Waals surface area contributed by atoms with Crippen molar-refractivity contribution in [1.29, 1.82) is 0 Å². The number of halogens is 17. The van der Waals surface area contributed by atoms with Gasteiger partial charge in [0.05, 0.1) is 0 Å². The van der Waals surface area contributed by atoms with Gasteiger partial charge in [0.1, 0.15) is 0 Å². The molecule has 0 spiro atoms. The van der Waals surface area contributed by atoms with E-state index in [0.29, 0.717) is 12.1 Å². The fraction of sp³-hybridized carbons (Fsp3) is 0.615. The smallest absolute Gasteiger partial charge is 0.192 e. The Labute approximate surface area is 159 Å². The lowest BCUT2D eigenvalue weighted by Gasteiger charge is -2.41. The third kappa shape index (κ3) is 3.35. The first-order valence-corrected chi connectivity index (χ1v) is 7.04. The molecular weight excluding hydrogens is 493 g/mol. The van der Waals surface area contributed by atoms with E-state index < -0.39 is 52.3 Å². The summed E-state index contributed by atoms with van der Waals surface area (Å²) < 4.78 is 221. The van der Waals surface area contributed by atoms with Crippen LogP contribution in [0.1, 0.15) is 0 Å². The van der Waals surface area contributed by atoms with Crippen molar-refractivity contribution in [2.24, 2.45) is 0 Å². The van der Waals surface area contributed by atoms with Crippen LogP contribution in [-0.4, -0.2) is 41.7 Å². The highest BCUT2D eigenvalue weighted by Crippen LogP contribution is 2.63. The van der Waals surface area contributed by atoms with Crippen molar-refractivity contribution in [3.8, 4) is 0 Å². The van der Waals surface area contributed by atoms with Crippen molar-refractivity contribution in [3.05, 3.63) is 30.6 Å². The fourth-order valence-electron chi connectivity index (χ4n) is 1.90. The van der Waals surface area contributed by atoms with Crippen molar-refractivity contribution in [3.63, 3.8) is 0 Å². The van der Waals surface area contributed by atoms with Gasteiger partial charge in [-0.25, -0.2) is 0 Å². The number of alkyl halides is 17. The van der Waals surface area contributed by atoms with Gasteiger partial charge in [0.15, 0.2) is 12.4 Å². The fourth-order valence-corrected chi connectivity index (χ4v) is 1.90. The predicted molar refractivity (Wildman–Crippen MR) is 62.6 cm³/mol. The molecular formula is C13H5F17N+. The van der Waals surface area contributed by atoms with Crippen LogP contribution in [0, 0.1) is 0 Å². The van der Waals surface area contributed by atoms with E-state index in [-0.39, 0.29) is 12.4 Å². The van der Waals surface area contributed by atoms with Crippen LogP contribution in [0.5, 0.6) is 0 Å². The van der Waals surface area contributed by atoms with E-state index in [0.717, 1.165) is 6.07 Å². The van der Waals surface area contributed by atoms with Crippen LogP contribution in [-0.2, 0) is 6.05 Å². The summed E-state index contributed by atoms with van der Waals surface area (Å²) in [4.78, 5) is 0. The van der Waals surface area contributed by atoms with E-state index in [1.807, 2.05) is 0 Å². The van der Waals surface area contributed by atoms with Gasteiger partial charge in [-0.1, -0.05) is 6.07 Å².